The molecule has 9 aromatic carbocycles. The maximum Gasteiger partial charge on any atom is 0.416 e. The molecule has 0 aromatic heterocycles. The Morgan fingerprint density at radius 3 is 1.31 bits per heavy atom. The number of benzene rings is 9. The van der Waals surface area contributed by atoms with Gasteiger partial charge in [-0.05, 0) is 74.6 Å². The first-order chi connectivity index (χ1) is 33.1. The van der Waals surface area contributed by atoms with Crippen molar-refractivity contribution in [2.24, 2.45) is 0 Å². The summed E-state index contributed by atoms with van der Waals surface area (Å²) in [5, 5.41) is 14.2. The van der Waals surface area contributed by atoms with Crippen LogP contribution in [0.2, 0.25) is 0 Å². The SMILES string of the molecule is Oc1c(-c2ccccc2)cc(-c2ccccc2)cc1-c1cc2ccccc2c2c1O[B-](c1cc(C(F)(F)F)cc(C(F)(F)F)c1)(c1cc(C(F)(F)F)cc(C(F)(F)F)c1)Oc1ccc3ccccc3c1-2. The second-order valence-electron chi connectivity index (χ2n) is 16.8. The molecule has 0 atom stereocenters. The van der Waals surface area contributed by atoms with Crippen molar-refractivity contribution in [3.05, 3.63) is 198 Å². The van der Waals surface area contributed by atoms with Crippen molar-refractivity contribution in [3.63, 3.8) is 0 Å². The highest BCUT2D eigenvalue weighted by molar-refractivity contribution is 6.94. The minimum atomic E-state index is -5.56. The molecule has 1 aliphatic heterocycles. The van der Waals surface area contributed by atoms with Crippen molar-refractivity contribution in [2.75, 3.05) is 0 Å². The van der Waals surface area contributed by atoms with Gasteiger partial charge in [0.25, 0.3) is 0 Å². The van der Waals surface area contributed by atoms with Crippen LogP contribution < -0.4 is 20.2 Å². The lowest BCUT2D eigenvalue weighted by Crippen LogP contribution is -2.68. The van der Waals surface area contributed by atoms with Gasteiger partial charge >= 0.3 is 31.3 Å². The maximum absolute atomic E-state index is 14.9. The Kier molecular flexibility index (Phi) is 10.7. The van der Waals surface area contributed by atoms with Crippen LogP contribution in [0.5, 0.6) is 17.2 Å². The quantitative estimate of drug-likeness (QED) is 0.138. The van der Waals surface area contributed by atoms with E-state index in [4.69, 9.17) is 9.31 Å². The molecule has 0 fully saturated rings. The number of fused-ring (bicyclic) bond motifs is 7. The summed E-state index contributed by atoms with van der Waals surface area (Å²) >= 11 is 0. The molecule has 1 N–H and O–H groups in total. The van der Waals surface area contributed by atoms with Crippen molar-refractivity contribution in [3.8, 4) is 61.8 Å². The minimum absolute atomic E-state index is 0.0421. The molecular weight excluding hydrogens is 935 g/mol. The van der Waals surface area contributed by atoms with Crippen LogP contribution in [-0.2, 0) is 24.7 Å². The predicted molar refractivity (Wildman–Crippen MR) is 244 cm³/mol. The highest BCUT2D eigenvalue weighted by Crippen LogP contribution is 2.55. The monoisotopic (exact) mass is 965 g/mol. The van der Waals surface area contributed by atoms with E-state index in [-0.39, 0.29) is 70.0 Å². The number of alkyl halides is 12. The fourth-order valence-corrected chi connectivity index (χ4v) is 9.21. The van der Waals surface area contributed by atoms with Gasteiger partial charge in [0.15, 0.2) is 0 Å². The van der Waals surface area contributed by atoms with E-state index in [2.05, 4.69) is 0 Å². The summed E-state index contributed by atoms with van der Waals surface area (Å²) in [6.45, 7) is -4.67. The lowest BCUT2D eigenvalue weighted by molar-refractivity contribution is -0.144. The van der Waals surface area contributed by atoms with Crippen molar-refractivity contribution in [1.82, 2.24) is 0 Å². The van der Waals surface area contributed by atoms with Gasteiger partial charge in [-0.25, -0.2) is 0 Å². The molecule has 70 heavy (non-hydrogen) atoms. The second kappa shape index (κ2) is 16.4. The molecule has 0 unspecified atom stereocenters. The molecule has 0 saturated carbocycles. The Morgan fingerprint density at radius 1 is 0.357 bits per heavy atom. The van der Waals surface area contributed by atoms with E-state index < -0.39 is 75.9 Å². The van der Waals surface area contributed by atoms with Gasteiger partial charge in [0.1, 0.15) is 5.75 Å². The molecule has 0 radical (unpaired) electrons. The van der Waals surface area contributed by atoms with Crippen molar-refractivity contribution >= 4 is 39.0 Å². The number of phenolic OH excluding ortho intramolecular Hbond substituents is 1. The zero-order valence-electron chi connectivity index (χ0n) is 35.6. The molecule has 0 bridgehead atoms. The topological polar surface area (TPSA) is 38.7 Å². The Labute approximate surface area is 389 Å². The maximum atomic E-state index is 14.9. The molecule has 3 nitrogen and oxygen atoms in total. The van der Waals surface area contributed by atoms with Crippen LogP contribution in [0.1, 0.15) is 22.3 Å². The highest BCUT2D eigenvalue weighted by atomic mass is 19.4. The fourth-order valence-electron chi connectivity index (χ4n) is 9.21. The summed E-state index contributed by atoms with van der Waals surface area (Å²) < 4.78 is 192. The molecule has 0 aliphatic carbocycles. The number of rotatable bonds is 5. The zero-order chi connectivity index (χ0) is 49.5. The summed E-state index contributed by atoms with van der Waals surface area (Å²) in [5.74, 6) is -1.26. The first-order valence-corrected chi connectivity index (χ1v) is 21.3. The third-order valence-electron chi connectivity index (χ3n) is 12.4. The predicted octanol–water partition coefficient (Wildman–Crippen LogP) is 15.5. The van der Waals surface area contributed by atoms with Crippen molar-refractivity contribution in [2.45, 2.75) is 24.7 Å². The van der Waals surface area contributed by atoms with E-state index in [0.29, 0.717) is 38.2 Å². The van der Waals surface area contributed by atoms with Crippen LogP contribution in [0.3, 0.4) is 0 Å². The molecule has 0 amide bonds. The fraction of sp³-hybridized carbons (Fsp3) is 0.0741. The van der Waals surface area contributed by atoms with Gasteiger partial charge < -0.3 is 14.4 Å². The Balaban J connectivity index is 1.44. The molecule has 10 rings (SSSR count). The summed E-state index contributed by atoms with van der Waals surface area (Å²) in [6, 6.07) is 38.2. The molecule has 352 valence electrons. The van der Waals surface area contributed by atoms with Crippen molar-refractivity contribution < 1.29 is 67.1 Å². The van der Waals surface area contributed by atoms with Gasteiger partial charge in [-0.1, -0.05) is 140 Å². The average molecular weight is 966 g/mol. The van der Waals surface area contributed by atoms with Crippen LogP contribution in [0.15, 0.2) is 176 Å². The number of aromatic hydroxyl groups is 1. The van der Waals surface area contributed by atoms with Gasteiger partial charge in [-0.3, -0.25) is 0 Å². The minimum Gasteiger partial charge on any atom is -0.675 e. The number of halogens is 12. The number of phenols is 1. The normalized spacial score (nSPS) is 13.8. The van der Waals surface area contributed by atoms with E-state index in [9.17, 15) is 57.8 Å². The molecular formula is C54H30BF12O3-. The van der Waals surface area contributed by atoms with Crippen LogP contribution in [0.4, 0.5) is 52.7 Å². The number of hydrogen-bond donors (Lipinski definition) is 1. The van der Waals surface area contributed by atoms with Crippen molar-refractivity contribution in [1.29, 1.82) is 0 Å². The molecule has 1 aliphatic rings. The van der Waals surface area contributed by atoms with E-state index in [1.807, 2.05) is 0 Å². The molecule has 0 spiro atoms. The Morgan fingerprint density at radius 2 is 0.800 bits per heavy atom. The van der Waals surface area contributed by atoms with Gasteiger partial charge in [-0.15, -0.1) is 10.9 Å². The lowest BCUT2D eigenvalue weighted by Gasteiger charge is -2.44. The van der Waals surface area contributed by atoms with E-state index in [1.165, 1.54) is 18.2 Å². The smallest absolute Gasteiger partial charge is 0.416 e. The largest absolute Gasteiger partial charge is 0.675 e. The summed E-state index contributed by atoms with van der Waals surface area (Å²) in [5.41, 5.74) is -8.46. The summed E-state index contributed by atoms with van der Waals surface area (Å²) in [6.07, 6.45) is -22.2. The first kappa shape index (κ1) is 45.9. The van der Waals surface area contributed by atoms with Gasteiger partial charge in [0, 0.05) is 27.8 Å². The van der Waals surface area contributed by atoms with Gasteiger partial charge in [0.05, 0.1) is 33.8 Å². The Bertz CT molecular complexity index is 3370. The first-order valence-electron chi connectivity index (χ1n) is 21.3. The molecule has 1 heterocycles. The number of hydrogen-bond acceptors (Lipinski definition) is 3. The highest BCUT2D eigenvalue weighted by Gasteiger charge is 2.47. The summed E-state index contributed by atoms with van der Waals surface area (Å²) in [7, 11) is 0. The van der Waals surface area contributed by atoms with E-state index in [0.717, 1.165) is 0 Å². The molecule has 16 heteroatoms. The van der Waals surface area contributed by atoms with Gasteiger partial charge in [-0.2, -0.15) is 52.7 Å². The third-order valence-corrected chi connectivity index (χ3v) is 12.4. The average Bonchev–Trinajstić information content (AvgIpc) is 3.49. The third kappa shape index (κ3) is 8.10. The van der Waals surface area contributed by atoms with E-state index in [1.54, 1.807) is 121 Å². The lowest BCUT2D eigenvalue weighted by atomic mass is 9.45. The van der Waals surface area contributed by atoms with Gasteiger partial charge in [0.2, 0.25) is 0 Å². The molecule has 9 aromatic rings. The summed E-state index contributed by atoms with van der Waals surface area (Å²) in [4.78, 5) is 0. The van der Waals surface area contributed by atoms with E-state index >= 15 is 0 Å². The second-order valence-corrected chi connectivity index (χ2v) is 16.8. The zero-order valence-corrected chi connectivity index (χ0v) is 35.6. The Hall–Kier alpha value is -7.88. The molecule has 0 saturated heterocycles. The van der Waals surface area contributed by atoms with Crippen LogP contribution in [0, 0.1) is 0 Å². The van der Waals surface area contributed by atoms with Crippen LogP contribution in [-0.4, -0.2) is 11.7 Å². The van der Waals surface area contributed by atoms with Crippen LogP contribution >= 0.6 is 0 Å². The van der Waals surface area contributed by atoms with Crippen LogP contribution in [0.25, 0.3) is 66.1 Å². The standard InChI is InChI=1S/C54H30BF12O3/c56-51(57,58)35-24-36(52(59,60)61)27-39(26-35)55(40-28-37(53(62,63)64)25-38(29-40)54(65,66)67)69-46-20-19-32-15-7-9-17-41(32)47(46)48-42-18-10-8-16-33(42)21-45(50(48)70-55)44-23-34(30-11-3-1-4-12-30)22-43(49(44)68)31-13-5-2-6-14-31/h1-29,68H/q-1.